The Morgan fingerprint density at radius 3 is 2.44 bits per heavy atom. The summed E-state index contributed by atoms with van der Waals surface area (Å²) >= 11 is 12.5. The third-order valence-electron chi connectivity index (χ3n) is 4.69. The molecule has 8 heteroatoms. The molecule has 27 heavy (non-hydrogen) atoms. The Morgan fingerprint density at radius 1 is 1.26 bits per heavy atom. The highest BCUT2D eigenvalue weighted by Gasteiger charge is 2.23. The summed E-state index contributed by atoms with van der Waals surface area (Å²) in [5, 5.41) is 7.45. The highest BCUT2D eigenvalue weighted by atomic mass is 127. The van der Waals surface area contributed by atoms with Gasteiger partial charge in [0.05, 0.1) is 0 Å². The second kappa shape index (κ2) is 12.7. The highest BCUT2D eigenvalue weighted by Crippen LogP contribution is 2.25. The van der Waals surface area contributed by atoms with E-state index < -0.39 is 0 Å². The van der Waals surface area contributed by atoms with E-state index in [0.717, 1.165) is 44.0 Å². The molecule has 0 bridgehead atoms. The molecule has 0 aromatic heterocycles. The second-order valence-electron chi connectivity index (χ2n) is 6.49. The molecular formula is C19H29Cl2IN4O. The van der Waals surface area contributed by atoms with Crippen molar-refractivity contribution in [1.29, 1.82) is 0 Å². The molecule has 1 aliphatic rings. The Labute approximate surface area is 189 Å². The van der Waals surface area contributed by atoms with Crippen LogP contribution in [0.4, 0.5) is 0 Å². The van der Waals surface area contributed by atoms with Gasteiger partial charge in [-0.25, -0.2) is 0 Å². The molecule has 1 aromatic carbocycles. The van der Waals surface area contributed by atoms with E-state index in [2.05, 4.69) is 22.5 Å². The largest absolute Gasteiger partial charge is 0.359 e. The van der Waals surface area contributed by atoms with Crippen LogP contribution in [0.3, 0.4) is 0 Å². The monoisotopic (exact) mass is 526 g/mol. The van der Waals surface area contributed by atoms with Crippen LogP contribution >= 0.6 is 47.2 Å². The zero-order chi connectivity index (χ0) is 18.9. The van der Waals surface area contributed by atoms with Crippen LogP contribution in [-0.2, 0) is 11.2 Å². The molecule has 1 amide bonds. The van der Waals surface area contributed by atoms with E-state index in [1.54, 1.807) is 7.05 Å². The van der Waals surface area contributed by atoms with Crippen LogP contribution in [0.15, 0.2) is 23.2 Å². The smallest absolute Gasteiger partial charge is 0.220 e. The fraction of sp³-hybridized carbons (Fsp3) is 0.579. The number of aliphatic imine (C=N–C) groups is 1. The summed E-state index contributed by atoms with van der Waals surface area (Å²) in [4.78, 5) is 18.6. The molecule has 1 aromatic rings. The number of carbonyl (C=O) groups is 1. The first-order valence-corrected chi connectivity index (χ1v) is 9.97. The van der Waals surface area contributed by atoms with Gasteiger partial charge in [0.1, 0.15) is 0 Å². The first kappa shape index (κ1) is 24.3. The molecule has 0 unspecified atom stereocenters. The van der Waals surface area contributed by atoms with Crippen molar-refractivity contribution in [2.75, 3.05) is 33.2 Å². The van der Waals surface area contributed by atoms with E-state index in [4.69, 9.17) is 28.2 Å². The molecule has 0 aliphatic carbocycles. The van der Waals surface area contributed by atoms with Gasteiger partial charge in [-0.1, -0.05) is 29.3 Å². The summed E-state index contributed by atoms with van der Waals surface area (Å²) in [6, 6.07) is 5.56. The predicted octanol–water partition coefficient (Wildman–Crippen LogP) is 3.97. The fourth-order valence-corrected chi connectivity index (χ4v) is 3.77. The van der Waals surface area contributed by atoms with E-state index in [9.17, 15) is 4.79 Å². The van der Waals surface area contributed by atoms with Crippen LogP contribution in [0, 0.1) is 5.92 Å². The molecule has 152 valence electrons. The molecule has 2 rings (SSSR count). The molecule has 5 nitrogen and oxygen atoms in total. The number of hydrogen-bond donors (Lipinski definition) is 2. The van der Waals surface area contributed by atoms with Crippen LogP contribution < -0.4 is 10.6 Å². The third kappa shape index (κ3) is 7.66. The van der Waals surface area contributed by atoms with E-state index in [0.29, 0.717) is 35.3 Å². The van der Waals surface area contributed by atoms with Crippen LogP contribution in [-0.4, -0.2) is 50.0 Å². The summed E-state index contributed by atoms with van der Waals surface area (Å²) in [5.41, 5.74) is 0.944. The summed E-state index contributed by atoms with van der Waals surface area (Å²) in [7, 11) is 1.69. The molecule has 1 saturated heterocycles. The lowest BCUT2D eigenvalue weighted by Gasteiger charge is -2.34. The van der Waals surface area contributed by atoms with Crippen LogP contribution in [0.5, 0.6) is 0 Å². The Kier molecular flexibility index (Phi) is 11.4. The van der Waals surface area contributed by atoms with Gasteiger partial charge in [0, 0.05) is 49.7 Å². The highest BCUT2D eigenvalue weighted by molar-refractivity contribution is 14.0. The number of benzene rings is 1. The van der Waals surface area contributed by atoms with Crippen molar-refractivity contribution in [2.24, 2.45) is 10.9 Å². The first-order valence-electron chi connectivity index (χ1n) is 9.21. The van der Waals surface area contributed by atoms with Gasteiger partial charge in [-0.05, 0) is 49.8 Å². The molecule has 2 N–H and O–H groups in total. The Bertz CT molecular complexity index is 614. The summed E-state index contributed by atoms with van der Waals surface area (Å²) in [5.74, 6) is 1.51. The normalized spacial score (nSPS) is 15.3. The molecule has 0 saturated carbocycles. The lowest BCUT2D eigenvalue weighted by molar-refractivity contribution is -0.121. The Hall–Kier alpha value is -0.730. The van der Waals surface area contributed by atoms with Crippen molar-refractivity contribution in [3.05, 3.63) is 33.8 Å². The van der Waals surface area contributed by atoms with Gasteiger partial charge >= 0.3 is 0 Å². The minimum Gasteiger partial charge on any atom is -0.359 e. The average Bonchev–Trinajstić information content (AvgIpc) is 2.64. The SMILES string of the molecule is CCNC(=NCCc1c(Cl)cccc1Cl)N1CCC(CC(=O)NC)CC1.I. The number of halogens is 3. The molecule has 0 radical (unpaired) electrons. The minimum absolute atomic E-state index is 0. The number of amides is 1. The number of hydrogen-bond acceptors (Lipinski definition) is 2. The minimum atomic E-state index is 0. The second-order valence-corrected chi connectivity index (χ2v) is 7.31. The van der Waals surface area contributed by atoms with E-state index in [1.807, 2.05) is 18.2 Å². The van der Waals surface area contributed by atoms with Crippen molar-refractivity contribution >= 4 is 59.0 Å². The van der Waals surface area contributed by atoms with Gasteiger partial charge in [0.25, 0.3) is 0 Å². The van der Waals surface area contributed by atoms with Gasteiger partial charge in [-0.2, -0.15) is 0 Å². The van der Waals surface area contributed by atoms with Crippen molar-refractivity contribution in [2.45, 2.75) is 32.6 Å². The van der Waals surface area contributed by atoms with Crippen molar-refractivity contribution in [1.82, 2.24) is 15.5 Å². The lowest BCUT2D eigenvalue weighted by Crippen LogP contribution is -2.46. The standard InChI is InChI=1S/C19H28Cl2N4O.HI/c1-3-23-19(24-10-7-15-16(20)5-4-6-17(15)21)25-11-8-14(9-12-25)13-18(26)22-2;/h4-6,14H,3,7-13H2,1-2H3,(H,22,26)(H,23,24);1H. The quantitative estimate of drug-likeness (QED) is 0.335. The molecule has 0 spiro atoms. The van der Waals surface area contributed by atoms with Gasteiger partial charge in [0.2, 0.25) is 5.91 Å². The van der Waals surface area contributed by atoms with Crippen molar-refractivity contribution in [3.63, 3.8) is 0 Å². The zero-order valence-electron chi connectivity index (χ0n) is 15.9. The molecule has 0 atom stereocenters. The number of guanidine groups is 1. The summed E-state index contributed by atoms with van der Waals surface area (Å²) in [6.07, 6.45) is 3.34. The molecule has 1 fully saturated rings. The van der Waals surface area contributed by atoms with E-state index >= 15 is 0 Å². The summed E-state index contributed by atoms with van der Waals surface area (Å²) in [6.45, 7) is 5.35. The fourth-order valence-electron chi connectivity index (χ4n) is 3.18. The maximum Gasteiger partial charge on any atom is 0.220 e. The maximum atomic E-state index is 11.5. The number of rotatable bonds is 6. The van der Waals surface area contributed by atoms with Gasteiger partial charge < -0.3 is 15.5 Å². The number of nitrogens with zero attached hydrogens (tertiary/aromatic N) is 2. The number of nitrogens with one attached hydrogen (secondary N) is 2. The number of piperidine rings is 1. The van der Waals surface area contributed by atoms with Crippen molar-refractivity contribution < 1.29 is 4.79 Å². The lowest BCUT2D eigenvalue weighted by atomic mass is 9.93. The molecular weight excluding hydrogens is 498 g/mol. The Morgan fingerprint density at radius 2 is 1.89 bits per heavy atom. The topological polar surface area (TPSA) is 56.7 Å². The van der Waals surface area contributed by atoms with Crippen molar-refractivity contribution in [3.8, 4) is 0 Å². The third-order valence-corrected chi connectivity index (χ3v) is 5.40. The van der Waals surface area contributed by atoms with Crippen LogP contribution in [0.25, 0.3) is 0 Å². The van der Waals surface area contributed by atoms with Crippen LogP contribution in [0.1, 0.15) is 31.7 Å². The average molecular weight is 527 g/mol. The Balaban J connectivity index is 0.00000364. The maximum absolute atomic E-state index is 11.5. The van der Waals surface area contributed by atoms with E-state index in [1.165, 1.54) is 0 Å². The van der Waals surface area contributed by atoms with E-state index in [-0.39, 0.29) is 29.9 Å². The first-order chi connectivity index (χ1) is 12.5. The predicted molar refractivity (Wildman–Crippen MR) is 125 cm³/mol. The van der Waals surface area contributed by atoms with Gasteiger partial charge in [-0.15, -0.1) is 24.0 Å². The van der Waals surface area contributed by atoms with Crippen LogP contribution in [0.2, 0.25) is 10.0 Å². The number of likely N-dealkylation sites (tertiary alicyclic amines) is 1. The molecule has 1 aliphatic heterocycles. The number of carbonyl (C=O) groups excluding carboxylic acids is 1. The molecule has 1 heterocycles. The van der Waals surface area contributed by atoms with Gasteiger partial charge in [-0.3, -0.25) is 9.79 Å². The zero-order valence-corrected chi connectivity index (χ0v) is 19.8. The van der Waals surface area contributed by atoms with Gasteiger partial charge in [0.15, 0.2) is 5.96 Å². The summed E-state index contributed by atoms with van der Waals surface area (Å²) < 4.78 is 0.